The molecule has 1 aromatic rings. The van der Waals surface area contributed by atoms with Crippen molar-refractivity contribution in [3.63, 3.8) is 0 Å². The summed E-state index contributed by atoms with van der Waals surface area (Å²) < 4.78 is 5.17. The first kappa shape index (κ1) is 15.0. The second-order valence-corrected chi connectivity index (χ2v) is 4.62. The minimum atomic E-state index is 0.146. The van der Waals surface area contributed by atoms with Gasteiger partial charge in [-0.15, -0.1) is 0 Å². The largest absolute Gasteiger partial charge is 0.443 e. The van der Waals surface area contributed by atoms with Crippen LogP contribution in [-0.2, 0) is 9.53 Å². The third-order valence-electron chi connectivity index (χ3n) is 2.38. The maximum atomic E-state index is 10.9. The van der Waals surface area contributed by atoms with Gasteiger partial charge in [0.2, 0.25) is 0 Å². The minimum absolute atomic E-state index is 0.146. The van der Waals surface area contributed by atoms with E-state index in [2.05, 4.69) is 4.99 Å². The molecule has 1 aromatic carbocycles. The van der Waals surface area contributed by atoms with E-state index in [9.17, 15) is 4.79 Å². The molecule has 0 aliphatic heterocycles. The number of hydrogen-bond acceptors (Lipinski definition) is 4. The van der Waals surface area contributed by atoms with E-state index in [0.717, 1.165) is 11.3 Å². The van der Waals surface area contributed by atoms with E-state index in [1.807, 2.05) is 57.1 Å². The van der Waals surface area contributed by atoms with Crippen LogP contribution in [0.25, 0.3) is 6.08 Å². The number of aliphatic imine (C=N–C) groups is 1. The lowest BCUT2D eigenvalue weighted by Gasteiger charge is -2.11. The number of carbonyl (C=O) groups excluding carboxylic acids is 1. The van der Waals surface area contributed by atoms with Gasteiger partial charge in [0.15, 0.2) is 18.4 Å². The second kappa shape index (κ2) is 7.36. The van der Waals surface area contributed by atoms with Gasteiger partial charge in [-0.2, -0.15) is 0 Å². The third-order valence-corrected chi connectivity index (χ3v) is 2.38. The number of carbonyl (C=O) groups is 1. The van der Waals surface area contributed by atoms with E-state index >= 15 is 0 Å². The Bertz CT molecular complexity index is 460. The molecule has 0 saturated heterocycles. The van der Waals surface area contributed by atoms with Crippen molar-refractivity contribution in [1.29, 1.82) is 0 Å². The van der Waals surface area contributed by atoms with Gasteiger partial charge in [0.25, 0.3) is 0 Å². The van der Waals surface area contributed by atoms with E-state index < -0.39 is 0 Å². The average molecular weight is 260 g/mol. The third kappa shape index (κ3) is 5.38. The fourth-order valence-corrected chi connectivity index (χ4v) is 1.34. The summed E-state index contributed by atoms with van der Waals surface area (Å²) in [5, 5.41) is 0. The molecule has 4 heteroatoms. The fraction of sp³-hybridized carbons (Fsp3) is 0.333. The van der Waals surface area contributed by atoms with Crippen LogP contribution in [0.2, 0.25) is 0 Å². The summed E-state index contributed by atoms with van der Waals surface area (Å²) in [6, 6.07) is 7.98. The summed E-state index contributed by atoms with van der Waals surface area (Å²) in [6.07, 6.45) is 3.66. The average Bonchev–Trinajstić information content (AvgIpc) is 2.37. The number of aldehydes is 1. The molecule has 0 aliphatic rings. The van der Waals surface area contributed by atoms with Gasteiger partial charge < -0.3 is 9.64 Å². The van der Waals surface area contributed by atoms with Crippen molar-refractivity contribution in [2.75, 3.05) is 19.0 Å². The van der Waals surface area contributed by atoms with Crippen LogP contribution >= 0.6 is 0 Å². The van der Waals surface area contributed by atoms with Crippen LogP contribution in [0.3, 0.4) is 0 Å². The summed E-state index contributed by atoms with van der Waals surface area (Å²) in [4.78, 5) is 16.9. The van der Waals surface area contributed by atoms with Crippen LogP contribution in [0.5, 0.6) is 0 Å². The van der Waals surface area contributed by atoms with Crippen molar-refractivity contribution >= 4 is 24.5 Å². The minimum Gasteiger partial charge on any atom is -0.443 e. The Hall–Kier alpha value is -2.10. The first-order chi connectivity index (χ1) is 9.02. The van der Waals surface area contributed by atoms with Crippen molar-refractivity contribution in [3.8, 4) is 0 Å². The lowest BCUT2D eigenvalue weighted by atomic mass is 10.2. The fourth-order valence-electron chi connectivity index (χ4n) is 1.34. The highest BCUT2D eigenvalue weighted by Crippen LogP contribution is 2.14. The van der Waals surface area contributed by atoms with Crippen LogP contribution in [0.15, 0.2) is 35.0 Å². The highest BCUT2D eigenvalue weighted by molar-refractivity contribution is 5.81. The summed E-state index contributed by atoms with van der Waals surface area (Å²) in [7, 11) is 3.96. The molecule has 0 amide bonds. The lowest BCUT2D eigenvalue weighted by molar-refractivity contribution is -0.106. The Morgan fingerprint density at radius 2 is 1.89 bits per heavy atom. The Balaban J connectivity index is 2.77. The van der Waals surface area contributed by atoms with Gasteiger partial charge in [0.05, 0.1) is 0 Å². The van der Waals surface area contributed by atoms with Crippen LogP contribution in [-0.4, -0.2) is 32.8 Å². The number of rotatable bonds is 6. The highest BCUT2D eigenvalue weighted by atomic mass is 16.5. The molecule has 19 heavy (non-hydrogen) atoms. The predicted octanol–water partition coefficient (Wildman–Crippen LogP) is 2.75. The molecular weight excluding hydrogens is 240 g/mol. The number of benzene rings is 1. The van der Waals surface area contributed by atoms with E-state index in [-0.39, 0.29) is 11.8 Å². The second-order valence-electron chi connectivity index (χ2n) is 4.62. The van der Waals surface area contributed by atoms with Crippen LogP contribution in [0.4, 0.5) is 5.69 Å². The van der Waals surface area contributed by atoms with Crippen molar-refractivity contribution < 1.29 is 9.53 Å². The van der Waals surface area contributed by atoms with Gasteiger partial charge in [-0.3, -0.25) is 9.79 Å². The molecule has 0 N–H and O–H groups in total. The van der Waals surface area contributed by atoms with Gasteiger partial charge in [-0.05, 0) is 37.6 Å². The van der Waals surface area contributed by atoms with Crippen molar-refractivity contribution in [1.82, 2.24) is 0 Å². The topological polar surface area (TPSA) is 41.9 Å². The van der Waals surface area contributed by atoms with Gasteiger partial charge in [-0.1, -0.05) is 12.1 Å². The molecule has 0 radical (unpaired) electrons. The van der Waals surface area contributed by atoms with Crippen LogP contribution in [0, 0.1) is 0 Å². The van der Waals surface area contributed by atoms with E-state index in [4.69, 9.17) is 4.74 Å². The molecular formula is C15H20N2O2. The molecule has 4 nitrogen and oxygen atoms in total. The monoisotopic (exact) mass is 260 g/mol. The Morgan fingerprint density at radius 3 is 2.37 bits per heavy atom. The first-order valence-corrected chi connectivity index (χ1v) is 6.15. The van der Waals surface area contributed by atoms with E-state index in [0.29, 0.717) is 6.29 Å². The molecule has 0 aliphatic carbocycles. The smallest absolute Gasteiger partial charge is 0.185 e. The normalized spacial score (nSPS) is 11.9. The molecule has 0 aromatic heterocycles. The molecule has 0 fully saturated rings. The molecule has 0 unspecified atom stereocenters. The van der Waals surface area contributed by atoms with Crippen molar-refractivity contribution in [2.24, 2.45) is 4.99 Å². The molecule has 1 rings (SSSR count). The zero-order chi connectivity index (χ0) is 14.3. The van der Waals surface area contributed by atoms with Gasteiger partial charge in [0, 0.05) is 25.8 Å². The summed E-state index contributed by atoms with van der Waals surface area (Å²) >= 11 is 0. The van der Waals surface area contributed by atoms with Crippen molar-refractivity contribution in [3.05, 3.63) is 35.6 Å². The van der Waals surface area contributed by atoms with E-state index in [1.54, 1.807) is 6.08 Å². The lowest BCUT2D eigenvalue weighted by Crippen LogP contribution is -2.07. The first-order valence-electron chi connectivity index (χ1n) is 6.15. The standard InChI is InChI=1S/C15H20N2O2/c1-12(2)16-11-19-15(10-18)9-13-5-7-14(8-6-13)17(3)4/h5-12H,1-4H3/b15-9+,16-11?. The summed E-state index contributed by atoms with van der Waals surface area (Å²) in [5.74, 6) is 0.238. The van der Waals surface area contributed by atoms with Crippen LogP contribution < -0.4 is 4.90 Å². The maximum Gasteiger partial charge on any atom is 0.185 e. The summed E-state index contributed by atoms with van der Waals surface area (Å²) in [5.41, 5.74) is 2.01. The Kier molecular flexibility index (Phi) is 5.79. The quantitative estimate of drug-likeness (QED) is 0.260. The zero-order valence-corrected chi connectivity index (χ0v) is 11.8. The number of allylic oxidation sites excluding steroid dienone is 1. The Labute approximate surface area is 114 Å². The number of nitrogens with zero attached hydrogens (tertiary/aromatic N) is 2. The van der Waals surface area contributed by atoms with Gasteiger partial charge in [-0.25, -0.2) is 0 Å². The molecule has 0 atom stereocenters. The zero-order valence-electron chi connectivity index (χ0n) is 11.8. The number of ether oxygens (including phenoxy) is 1. The molecule has 102 valence electrons. The van der Waals surface area contributed by atoms with Crippen molar-refractivity contribution in [2.45, 2.75) is 19.9 Å². The van der Waals surface area contributed by atoms with Gasteiger partial charge >= 0.3 is 0 Å². The summed E-state index contributed by atoms with van der Waals surface area (Å²) in [6.45, 7) is 3.87. The number of hydrogen-bond donors (Lipinski definition) is 0. The van der Waals surface area contributed by atoms with Gasteiger partial charge in [0.1, 0.15) is 0 Å². The SMILES string of the molecule is CC(C)N=CO/C(C=O)=C/c1ccc(N(C)C)cc1. The maximum absolute atomic E-state index is 10.9. The Morgan fingerprint density at radius 1 is 1.26 bits per heavy atom. The number of anilines is 1. The predicted molar refractivity (Wildman–Crippen MR) is 79.5 cm³/mol. The molecule has 0 spiro atoms. The molecule has 0 bridgehead atoms. The highest BCUT2D eigenvalue weighted by Gasteiger charge is 1.98. The van der Waals surface area contributed by atoms with Crippen LogP contribution in [0.1, 0.15) is 19.4 Å². The molecule has 0 heterocycles. The van der Waals surface area contributed by atoms with E-state index in [1.165, 1.54) is 6.40 Å². The molecule has 0 saturated carbocycles.